The van der Waals surface area contributed by atoms with Crippen LogP contribution in [-0.4, -0.2) is 67.8 Å². The third-order valence-electron chi connectivity index (χ3n) is 5.33. The van der Waals surface area contributed by atoms with Crippen LogP contribution in [0.4, 0.5) is 5.82 Å². The summed E-state index contributed by atoms with van der Waals surface area (Å²) in [5.41, 5.74) is 0.141. The van der Waals surface area contributed by atoms with Crippen molar-refractivity contribution >= 4 is 11.7 Å². The van der Waals surface area contributed by atoms with Gasteiger partial charge in [0, 0.05) is 64.1 Å². The van der Waals surface area contributed by atoms with Crippen molar-refractivity contribution in [2.24, 2.45) is 5.41 Å². The van der Waals surface area contributed by atoms with Crippen LogP contribution >= 0.6 is 0 Å². The summed E-state index contributed by atoms with van der Waals surface area (Å²) >= 11 is 0. The van der Waals surface area contributed by atoms with Gasteiger partial charge in [-0.3, -0.25) is 4.79 Å². The van der Waals surface area contributed by atoms with Gasteiger partial charge in [-0.2, -0.15) is 0 Å². The highest BCUT2D eigenvalue weighted by Crippen LogP contribution is 2.41. The normalized spacial score (nSPS) is 24.0. The largest absolute Gasteiger partial charge is 0.478 e. The van der Waals surface area contributed by atoms with Crippen molar-refractivity contribution < 1.29 is 14.3 Å². The highest BCUT2D eigenvalue weighted by atomic mass is 16.5. The number of piperidine rings is 2. The highest BCUT2D eigenvalue weighted by Gasteiger charge is 2.42. The molecule has 0 unspecified atom stereocenters. The quantitative estimate of drug-likeness (QED) is 0.730. The van der Waals surface area contributed by atoms with Gasteiger partial charge in [-0.15, -0.1) is 0 Å². The summed E-state index contributed by atoms with van der Waals surface area (Å²) in [4.78, 5) is 25.4. The molecule has 0 bridgehead atoms. The number of carbonyl (C=O) groups is 1. The Morgan fingerprint density at radius 1 is 1.20 bits per heavy atom. The van der Waals surface area contributed by atoms with Gasteiger partial charge in [-0.25, -0.2) is 9.97 Å². The number of carbonyl (C=O) groups excluding carboxylic acids is 1. The lowest BCUT2D eigenvalue weighted by Crippen LogP contribution is -2.54. The summed E-state index contributed by atoms with van der Waals surface area (Å²) in [7, 11) is 3.33. The molecule has 2 aliphatic rings. The van der Waals surface area contributed by atoms with Gasteiger partial charge in [0.05, 0.1) is 7.11 Å². The predicted octanol–water partition coefficient (Wildman–Crippen LogP) is 1.73. The third-order valence-corrected chi connectivity index (χ3v) is 5.33. The minimum atomic E-state index is 0.141. The van der Waals surface area contributed by atoms with E-state index in [-0.39, 0.29) is 11.3 Å². The van der Waals surface area contributed by atoms with E-state index >= 15 is 0 Å². The number of hydrogen-bond acceptors (Lipinski definition) is 6. The average molecular weight is 348 g/mol. The molecule has 0 aromatic carbocycles. The number of likely N-dealkylation sites (tertiary alicyclic amines) is 1. The lowest BCUT2D eigenvalue weighted by atomic mass is 9.73. The number of aromatic nitrogens is 2. The molecule has 0 N–H and O–H groups in total. The number of hydrogen-bond donors (Lipinski definition) is 0. The summed E-state index contributed by atoms with van der Waals surface area (Å²) in [5, 5.41) is 0. The van der Waals surface area contributed by atoms with Gasteiger partial charge in [0.2, 0.25) is 5.91 Å². The maximum Gasteiger partial charge on any atom is 0.257 e. The molecule has 3 rings (SSSR count). The van der Waals surface area contributed by atoms with Crippen molar-refractivity contribution in [1.82, 2.24) is 14.9 Å². The molecular formula is C18H28N4O3. The molecule has 1 atom stereocenters. The average Bonchev–Trinajstić information content (AvgIpc) is 2.65. The van der Waals surface area contributed by atoms with Crippen molar-refractivity contribution in [3.8, 4) is 5.88 Å². The Morgan fingerprint density at radius 3 is 2.84 bits per heavy atom. The zero-order valence-electron chi connectivity index (χ0n) is 15.2. The molecule has 1 spiro atoms. The molecule has 138 valence electrons. The second-order valence-corrected chi connectivity index (χ2v) is 7.08. The monoisotopic (exact) mass is 348 g/mol. The first-order valence-electron chi connectivity index (χ1n) is 9.04. The lowest BCUT2D eigenvalue weighted by Gasteiger charge is -2.48. The van der Waals surface area contributed by atoms with Crippen molar-refractivity contribution in [3.05, 3.63) is 12.4 Å². The summed E-state index contributed by atoms with van der Waals surface area (Å²) in [6.45, 7) is 4.15. The first-order chi connectivity index (χ1) is 12.2. The number of ether oxygens (including phenoxy) is 2. The van der Waals surface area contributed by atoms with Crippen LogP contribution in [0.15, 0.2) is 12.4 Å². The lowest BCUT2D eigenvalue weighted by molar-refractivity contribution is -0.138. The van der Waals surface area contributed by atoms with Crippen LogP contribution in [0, 0.1) is 5.41 Å². The highest BCUT2D eigenvalue weighted by molar-refractivity contribution is 5.77. The van der Waals surface area contributed by atoms with E-state index in [1.54, 1.807) is 26.6 Å². The van der Waals surface area contributed by atoms with Gasteiger partial charge in [-0.1, -0.05) is 0 Å². The standard InChI is InChI=1S/C18H28N4O3/c1-24-12-4-11-21-13-18(7-5-15(21)23)6-3-10-22(14-18)16-17(25-2)20-9-8-19-16/h8-9H,3-7,10-14H2,1-2H3/t18-/m1/s1. The molecule has 1 aromatic heterocycles. The molecule has 0 radical (unpaired) electrons. The Balaban J connectivity index is 1.72. The molecule has 0 aliphatic carbocycles. The zero-order chi connectivity index (χ0) is 17.7. The molecule has 2 saturated heterocycles. The molecule has 2 fully saturated rings. The minimum Gasteiger partial charge on any atom is -0.478 e. The summed E-state index contributed by atoms with van der Waals surface area (Å²) in [5.74, 6) is 1.66. The maximum absolute atomic E-state index is 12.3. The second kappa shape index (κ2) is 7.99. The molecule has 1 aromatic rings. The number of amides is 1. The van der Waals surface area contributed by atoms with Crippen LogP contribution in [0.25, 0.3) is 0 Å². The van der Waals surface area contributed by atoms with Crippen LogP contribution in [0.2, 0.25) is 0 Å². The van der Waals surface area contributed by atoms with Gasteiger partial charge in [-0.05, 0) is 25.7 Å². The third kappa shape index (κ3) is 4.03. The van der Waals surface area contributed by atoms with Crippen molar-refractivity contribution in [2.45, 2.75) is 32.1 Å². The molecule has 2 aliphatic heterocycles. The number of anilines is 1. The Hall–Kier alpha value is -1.89. The minimum absolute atomic E-state index is 0.141. The Morgan fingerprint density at radius 2 is 2.04 bits per heavy atom. The molecule has 3 heterocycles. The summed E-state index contributed by atoms with van der Waals surface area (Å²) in [6.07, 6.45) is 8.09. The van der Waals surface area contributed by atoms with E-state index in [0.717, 1.165) is 57.7 Å². The molecule has 1 amide bonds. The van der Waals surface area contributed by atoms with Gasteiger partial charge in [0.25, 0.3) is 5.88 Å². The van der Waals surface area contributed by atoms with Gasteiger partial charge < -0.3 is 19.3 Å². The molecule has 7 heteroatoms. The number of methoxy groups -OCH3 is 2. The second-order valence-electron chi connectivity index (χ2n) is 7.08. The fourth-order valence-corrected chi connectivity index (χ4v) is 4.11. The van der Waals surface area contributed by atoms with Gasteiger partial charge in [0.1, 0.15) is 0 Å². The van der Waals surface area contributed by atoms with E-state index in [9.17, 15) is 4.79 Å². The smallest absolute Gasteiger partial charge is 0.257 e. The summed E-state index contributed by atoms with van der Waals surface area (Å²) in [6, 6.07) is 0. The van der Waals surface area contributed by atoms with Crippen molar-refractivity contribution in [1.29, 1.82) is 0 Å². The van der Waals surface area contributed by atoms with E-state index in [0.29, 0.717) is 18.9 Å². The fourth-order valence-electron chi connectivity index (χ4n) is 4.11. The SMILES string of the molecule is COCCCN1C[C@@]2(CCCN(c3nccnc3OC)C2)CCC1=O. The van der Waals surface area contributed by atoms with Crippen molar-refractivity contribution in [3.63, 3.8) is 0 Å². The van der Waals surface area contributed by atoms with E-state index in [2.05, 4.69) is 14.9 Å². The van der Waals surface area contributed by atoms with E-state index in [1.165, 1.54) is 0 Å². The van der Waals surface area contributed by atoms with Crippen LogP contribution in [0.3, 0.4) is 0 Å². The summed E-state index contributed by atoms with van der Waals surface area (Å²) < 4.78 is 10.5. The van der Waals surface area contributed by atoms with E-state index in [1.807, 2.05) is 4.90 Å². The van der Waals surface area contributed by atoms with Crippen LogP contribution < -0.4 is 9.64 Å². The Bertz CT molecular complexity index is 597. The van der Waals surface area contributed by atoms with Gasteiger partial charge in [0.15, 0.2) is 5.82 Å². The van der Waals surface area contributed by atoms with E-state index < -0.39 is 0 Å². The van der Waals surface area contributed by atoms with Crippen LogP contribution in [-0.2, 0) is 9.53 Å². The Labute approximate surface area is 149 Å². The molecular weight excluding hydrogens is 320 g/mol. The molecule has 0 saturated carbocycles. The first-order valence-corrected chi connectivity index (χ1v) is 9.04. The van der Waals surface area contributed by atoms with Crippen molar-refractivity contribution in [2.75, 3.05) is 51.9 Å². The first kappa shape index (κ1) is 17.9. The zero-order valence-corrected chi connectivity index (χ0v) is 15.2. The molecule has 7 nitrogen and oxygen atoms in total. The molecule has 25 heavy (non-hydrogen) atoms. The van der Waals surface area contributed by atoms with Crippen LogP contribution in [0.1, 0.15) is 32.1 Å². The van der Waals surface area contributed by atoms with Crippen LogP contribution in [0.5, 0.6) is 5.88 Å². The maximum atomic E-state index is 12.3. The topological polar surface area (TPSA) is 67.8 Å². The number of rotatable bonds is 6. The predicted molar refractivity (Wildman–Crippen MR) is 94.8 cm³/mol. The van der Waals surface area contributed by atoms with E-state index in [4.69, 9.17) is 9.47 Å². The number of nitrogens with zero attached hydrogens (tertiary/aromatic N) is 4. The fraction of sp³-hybridized carbons (Fsp3) is 0.722. The Kier molecular flexibility index (Phi) is 5.73. The van der Waals surface area contributed by atoms with Gasteiger partial charge >= 0.3 is 0 Å².